The van der Waals surface area contributed by atoms with Crippen molar-refractivity contribution in [1.29, 1.82) is 0 Å². The number of carbonyl (C=O) groups is 1. The van der Waals surface area contributed by atoms with Gasteiger partial charge in [-0.3, -0.25) is 9.59 Å². The molecule has 2 aromatic rings. The smallest absolute Gasteiger partial charge is 0.411 e. The second kappa shape index (κ2) is 9.44. The molecule has 10 heteroatoms. The first-order chi connectivity index (χ1) is 16.6. The molecule has 0 fully saturated rings. The highest BCUT2D eigenvalue weighted by molar-refractivity contribution is 5.94. The number of carbonyl (C=O) groups excluding carboxylic acids is 1. The zero-order chi connectivity index (χ0) is 25.3. The van der Waals surface area contributed by atoms with Crippen LogP contribution in [0.25, 0.3) is 0 Å². The Bertz CT molecular complexity index is 1320. The van der Waals surface area contributed by atoms with Crippen molar-refractivity contribution in [3.8, 4) is 0 Å². The highest BCUT2D eigenvalue weighted by Gasteiger charge is 2.32. The lowest BCUT2D eigenvalue weighted by molar-refractivity contribution is -0.0885. The molecule has 1 aliphatic heterocycles. The number of aromatic nitrogens is 2. The van der Waals surface area contributed by atoms with Gasteiger partial charge in [0, 0.05) is 24.7 Å². The van der Waals surface area contributed by atoms with Crippen LogP contribution >= 0.6 is 0 Å². The zero-order valence-corrected chi connectivity index (χ0v) is 19.6. The van der Waals surface area contributed by atoms with E-state index in [0.29, 0.717) is 35.4 Å². The molecule has 35 heavy (non-hydrogen) atoms. The summed E-state index contributed by atoms with van der Waals surface area (Å²) in [6.45, 7) is 4.42. The van der Waals surface area contributed by atoms with Gasteiger partial charge in [-0.2, -0.15) is 13.2 Å². The number of halogens is 3. The maximum atomic E-state index is 13.1. The van der Waals surface area contributed by atoms with Crippen LogP contribution in [0.1, 0.15) is 39.2 Å². The van der Waals surface area contributed by atoms with E-state index in [9.17, 15) is 22.8 Å². The van der Waals surface area contributed by atoms with Crippen molar-refractivity contribution in [3.63, 3.8) is 0 Å². The second-order valence-corrected chi connectivity index (χ2v) is 8.48. The number of amides is 1. The van der Waals surface area contributed by atoms with Gasteiger partial charge in [0.1, 0.15) is 7.11 Å². The van der Waals surface area contributed by atoms with Gasteiger partial charge in [0.2, 0.25) is 5.95 Å². The number of hydrogen-bond donors (Lipinski definition) is 1. The molecule has 0 atom stereocenters. The van der Waals surface area contributed by atoms with E-state index in [2.05, 4.69) is 10.3 Å². The average Bonchev–Trinajstić information content (AvgIpc) is 2.83. The number of nitrogens with zero attached hydrogens (tertiary/aromatic N) is 3. The van der Waals surface area contributed by atoms with Crippen LogP contribution in [0.15, 0.2) is 58.6 Å². The number of anilines is 1. The minimum atomic E-state index is -4.39. The van der Waals surface area contributed by atoms with Crippen LogP contribution in [0.4, 0.5) is 19.1 Å². The number of hydrogen-bond acceptors (Lipinski definition) is 5. The van der Waals surface area contributed by atoms with Crippen LogP contribution < -0.4 is 15.7 Å². The van der Waals surface area contributed by atoms with Gasteiger partial charge < -0.3 is 15.1 Å². The minimum absolute atomic E-state index is 0.0794. The highest BCUT2D eigenvalue weighted by Crippen LogP contribution is 2.30. The molecular weight excluding hydrogens is 461 g/mol. The molecule has 1 aromatic carbocycles. The molecule has 2 heterocycles. The molecule has 2 aliphatic rings. The molecule has 1 aromatic heterocycles. The van der Waals surface area contributed by atoms with Crippen LogP contribution in [0.3, 0.4) is 0 Å². The fourth-order valence-corrected chi connectivity index (χ4v) is 3.99. The monoisotopic (exact) mass is 486 g/mol. The first kappa shape index (κ1) is 24.3. The first-order valence-corrected chi connectivity index (χ1v) is 11.1. The minimum Gasteiger partial charge on any atom is -0.411 e. The van der Waals surface area contributed by atoms with E-state index in [-0.39, 0.29) is 24.8 Å². The molecule has 1 amide bonds. The first-order valence-electron chi connectivity index (χ1n) is 11.1. The molecule has 0 spiro atoms. The molecule has 0 bridgehead atoms. The van der Waals surface area contributed by atoms with Crippen molar-refractivity contribution in [3.05, 3.63) is 92.1 Å². The number of fused-ring (bicyclic) bond motifs is 1. The van der Waals surface area contributed by atoms with E-state index in [4.69, 9.17) is 4.84 Å². The molecule has 0 unspecified atom stereocenters. The summed E-state index contributed by atoms with van der Waals surface area (Å²) in [4.78, 5) is 37.5. The fourth-order valence-electron chi connectivity index (χ4n) is 3.99. The van der Waals surface area contributed by atoms with E-state index in [0.717, 1.165) is 28.0 Å². The maximum absolute atomic E-state index is 13.1. The number of rotatable bonds is 4. The third-order valence-electron chi connectivity index (χ3n) is 6.16. The Kier molecular flexibility index (Phi) is 6.56. The van der Waals surface area contributed by atoms with E-state index >= 15 is 0 Å². The number of allylic oxidation sites excluding steroid dienone is 5. The van der Waals surface area contributed by atoms with Crippen molar-refractivity contribution < 1.29 is 22.8 Å². The SMILES string of the molecule is COn1c(NC=C2C=CC(C(F)(F)F)=CC2)nc2c(c1=O)CN(C(=O)c1ccc(C)c(C)c1)CC2. The maximum Gasteiger partial charge on any atom is 0.416 e. The lowest BCUT2D eigenvalue weighted by Crippen LogP contribution is -2.42. The molecule has 7 nitrogen and oxygen atoms in total. The third kappa shape index (κ3) is 5.01. The number of nitrogens with one attached hydrogen (secondary N) is 1. The van der Waals surface area contributed by atoms with Crippen LogP contribution in [0.5, 0.6) is 0 Å². The van der Waals surface area contributed by atoms with Gasteiger partial charge in [-0.05, 0) is 55.2 Å². The van der Waals surface area contributed by atoms with Gasteiger partial charge in [-0.1, -0.05) is 18.2 Å². The molecule has 1 aliphatic carbocycles. The van der Waals surface area contributed by atoms with Crippen molar-refractivity contribution in [2.75, 3.05) is 19.0 Å². The average molecular weight is 486 g/mol. The molecular formula is C25H25F3N4O3. The summed E-state index contributed by atoms with van der Waals surface area (Å²) < 4.78 is 39.3. The Labute approximate surface area is 200 Å². The lowest BCUT2D eigenvalue weighted by atomic mass is 10.0. The quantitative estimate of drug-likeness (QED) is 0.710. The van der Waals surface area contributed by atoms with Gasteiger partial charge in [-0.15, -0.1) is 4.73 Å². The molecule has 0 saturated heterocycles. The van der Waals surface area contributed by atoms with Crippen LogP contribution in [0.2, 0.25) is 0 Å². The van der Waals surface area contributed by atoms with Crippen molar-refractivity contribution in [1.82, 2.24) is 14.6 Å². The van der Waals surface area contributed by atoms with Crippen LogP contribution in [-0.4, -0.2) is 40.4 Å². The number of aryl methyl sites for hydroxylation is 2. The van der Waals surface area contributed by atoms with Gasteiger partial charge in [-0.25, -0.2) is 4.98 Å². The van der Waals surface area contributed by atoms with E-state index in [1.807, 2.05) is 26.0 Å². The highest BCUT2D eigenvalue weighted by atomic mass is 19.4. The summed E-state index contributed by atoms with van der Waals surface area (Å²) >= 11 is 0. The van der Waals surface area contributed by atoms with Gasteiger partial charge >= 0.3 is 6.18 Å². The summed E-state index contributed by atoms with van der Waals surface area (Å²) in [6, 6.07) is 5.51. The van der Waals surface area contributed by atoms with Crippen molar-refractivity contribution in [2.24, 2.45) is 0 Å². The van der Waals surface area contributed by atoms with E-state index in [1.54, 1.807) is 11.0 Å². The Morgan fingerprint density at radius 2 is 1.97 bits per heavy atom. The van der Waals surface area contributed by atoms with Crippen LogP contribution in [0, 0.1) is 13.8 Å². The zero-order valence-electron chi connectivity index (χ0n) is 19.6. The lowest BCUT2D eigenvalue weighted by Gasteiger charge is -2.29. The van der Waals surface area contributed by atoms with Crippen molar-refractivity contribution in [2.45, 2.75) is 39.4 Å². The van der Waals surface area contributed by atoms with Crippen LogP contribution in [-0.2, 0) is 13.0 Å². The summed E-state index contributed by atoms with van der Waals surface area (Å²) in [5, 5.41) is 2.87. The largest absolute Gasteiger partial charge is 0.416 e. The predicted molar refractivity (Wildman–Crippen MR) is 125 cm³/mol. The molecule has 0 radical (unpaired) electrons. The standard InChI is InChI=1S/C25H25F3N4O3/c1-15-4-7-18(12-16(15)2)22(33)31-11-10-21-20(14-31)23(34)32(35-3)24(30-21)29-13-17-5-8-19(9-6-17)25(26,27)28/h4-5,7-9,12-13H,6,10-11,14H2,1-3H3,(H,29,30). The van der Waals surface area contributed by atoms with E-state index < -0.39 is 17.3 Å². The van der Waals surface area contributed by atoms with Crippen molar-refractivity contribution >= 4 is 11.9 Å². The predicted octanol–water partition coefficient (Wildman–Crippen LogP) is 3.86. The second-order valence-electron chi connectivity index (χ2n) is 8.48. The normalized spacial score (nSPS) is 16.7. The number of alkyl halides is 3. The topological polar surface area (TPSA) is 76.5 Å². The summed E-state index contributed by atoms with van der Waals surface area (Å²) in [7, 11) is 1.31. The summed E-state index contributed by atoms with van der Waals surface area (Å²) in [6.07, 6.45) is 1.02. The van der Waals surface area contributed by atoms with Gasteiger partial charge in [0.15, 0.2) is 0 Å². The summed E-state index contributed by atoms with van der Waals surface area (Å²) in [5.41, 5.74) is 3.01. The Morgan fingerprint density at radius 3 is 2.60 bits per heavy atom. The Morgan fingerprint density at radius 1 is 1.20 bits per heavy atom. The molecule has 4 rings (SSSR count). The molecule has 1 N–H and O–H groups in total. The number of benzene rings is 1. The molecule has 0 saturated carbocycles. The fraction of sp³-hybridized carbons (Fsp3) is 0.320. The molecule has 184 valence electrons. The Balaban J connectivity index is 1.55. The summed E-state index contributed by atoms with van der Waals surface area (Å²) in [5.74, 6) is -0.0545. The van der Waals surface area contributed by atoms with Gasteiger partial charge in [0.05, 0.1) is 23.4 Å². The van der Waals surface area contributed by atoms with E-state index in [1.165, 1.54) is 19.4 Å². The van der Waals surface area contributed by atoms with Gasteiger partial charge in [0.25, 0.3) is 11.5 Å². The Hall–Kier alpha value is -3.82. The third-order valence-corrected chi connectivity index (χ3v) is 6.16.